The number of hydrogen-bond donors (Lipinski definition) is 2. The van der Waals surface area contributed by atoms with Crippen molar-refractivity contribution in [2.45, 2.75) is 19.9 Å². The van der Waals surface area contributed by atoms with Gasteiger partial charge in [-0.25, -0.2) is 4.39 Å². The van der Waals surface area contributed by atoms with Crippen LogP contribution in [0.25, 0.3) is 0 Å². The van der Waals surface area contributed by atoms with Gasteiger partial charge in [0.15, 0.2) is 0 Å². The standard InChI is InChI=1S/C16H18FN3O/c1-3-19-15-7-8-18-10-14(15)16(21)20-11(2)12-5-4-6-13(17)9-12/h4-11H,3H2,1-2H3,(H,18,19)(H,20,21). The minimum atomic E-state index is -0.316. The monoisotopic (exact) mass is 287 g/mol. The molecule has 0 aliphatic heterocycles. The van der Waals surface area contributed by atoms with Gasteiger partial charge in [-0.15, -0.1) is 0 Å². The lowest BCUT2D eigenvalue weighted by Gasteiger charge is -2.16. The number of anilines is 1. The van der Waals surface area contributed by atoms with Gasteiger partial charge >= 0.3 is 0 Å². The van der Waals surface area contributed by atoms with E-state index in [-0.39, 0.29) is 17.8 Å². The van der Waals surface area contributed by atoms with E-state index in [0.29, 0.717) is 12.1 Å². The fourth-order valence-electron chi connectivity index (χ4n) is 2.05. The van der Waals surface area contributed by atoms with Gasteiger partial charge in [0.25, 0.3) is 5.91 Å². The first kappa shape index (κ1) is 15.0. The Labute approximate surface area is 123 Å². The van der Waals surface area contributed by atoms with Crippen molar-refractivity contribution in [2.75, 3.05) is 11.9 Å². The Kier molecular flexibility index (Phi) is 4.87. The number of nitrogens with zero attached hydrogens (tertiary/aromatic N) is 1. The van der Waals surface area contributed by atoms with Gasteiger partial charge in [0.2, 0.25) is 0 Å². The Balaban J connectivity index is 2.14. The molecule has 0 saturated carbocycles. The fourth-order valence-corrected chi connectivity index (χ4v) is 2.05. The van der Waals surface area contributed by atoms with Gasteiger partial charge in [0, 0.05) is 18.9 Å². The topological polar surface area (TPSA) is 54.0 Å². The van der Waals surface area contributed by atoms with Gasteiger partial charge in [-0.3, -0.25) is 9.78 Å². The van der Waals surface area contributed by atoms with Crippen LogP contribution in [-0.2, 0) is 0 Å². The largest absolute Gasteiger partial charge is 0.385 e. The van der Waals surface area contributed by atoms with E-state index in [9.17, 15) is 9.18 Å². The molecule has 1 aromatic carbocycles. The summed E-state index contributed by atoms with van der Waals surface area (Å²) in [7, 11) is 0. The van der Waals surface area contributed by atoms with Gasteiger partial charge in [-0.05, 0) is 37.6 Å². The second-order valence-electron chi connectivity index (χ2n) is 4.70. The number of amides is 1. The van der Waals surface area contributed by atoms with Crippen LogP contribution >= 0.6 is 0 Å². The summed E-state index contributed by atoms with van der Waals surface area (Å²) in [5, 5.41) is 5.97. The second-order valence-corrected chi connectivity index (χ2v) is 4.70. The molecule has 0 aliphatic rings. The molecule has 0 radical (unpaired) electrons. The summed E-state index contributed by atoms with van der Waals surface area (Å²) in [5.41, 5.74) is 1.93. The van der Waals surface area contributed by atoms with Crippen molar-refractivity contribution in [3.05, 3.63) is 59.7 Å². The van der Waals surface area contributed by atoms with Crippen LogP contribution in [0.2, 0.25) is 0 Å². The van der Waals surface area contributed by atoms with Crippen molar-refractivity contribution < 1.29 is 9.18 Å². The molecule has 0 saturated heterocycles. The Morgan fingerprint density at radius 2 is 2.19 bits per heavy atom. The van der Waals surface area contributed by atoms with Crippen molar-refractivity contribution in [3.8, 4) is 0 Å². The molecule has 0 spiro atoms. The van der Waals surface area contributed by atoms with Crippen LogP contribution in [0.1, 0.15) is 35.8 Å². The maximum atomic E-state index is 13.2. The Morgan fingerprint density at radius 1 is 1.38 bits per heavy atom. The molecule has 0 fully saturated rings. The lowest BCUT2D eigenvalue weighted by atomic mass is 10.1. The van der Waals surface area contributed by atoms with Gasteiger partial charge in [0.05, 0.1) is 17.3 Å². The summed E-state index contributed by atoms with van der Waals surface area (Å²) in [5.74, 6) is -0.556. The van der Waals surface area contributed by atoms with Crippen LogP contribution in [0.15, 0.2) is 42.7 Å². The first-order chi connectivity index (χ1) is 10.1. The predicted octanol–water partition coefficient (Wildman–Crippen LogP) is 3.14. The van der Waals surface area contributed by atoms with E-state index in [2.05, 4.69) is 15.6 Å². The van der Waals surface area contributed by atoms with Crippen LogP contribution in [0.3, 0.4) is 0 Å². The zero-order chi connectivity index (χ0) is 15.2. The molecule has 21 heavy (non-hydrogen) atoms. The zero-order valence-electron chi connectivity index (χ0n) is 12.1. The highest BCUT2D eigenvalue weighted by Crippen LogP contribution is 2.17. The van der Waals surface area contributed by atoms with Crippen molar-refractivity contribution in [1.29, 1.82) is 0 Å². The normalized spacial score (nSPS) is 11.8. The molecule has 4 nitrogen and oxygen atoms in total. The Morgan fingerprint density at radius 3 is 2.90 bits per heavy atom. The van der Waals surface area contributed by atoms with Gasteiger partial charge < -0.3 is 10.6 Å². The van der Waals surface area contributed by atoms with E-state index in [1.54, 1.807) is 24.4 Å². The fraction of sp³-hybridized carbons (Fsp3) is 0.250. The number of benzene rings is 1. The molecule has 1 unspecified atom stereocenters. The number of carbonyl (C=O) groups excluding carboxylic acids is 1. The first-order valence-electron chi connectivity index (χ1n) is 6.86. The minimum absolute atomic E-state index is 0.240. The van der Waals surface area contributed by atoms with E-state index in [1.165, 1.54) is 18.3 Å². The maximum Gasteiger partial charge on any atom is 0.255 e. The van der Waals surface area contributed by atoms with Crippen LogP contribution < -0.4 is 10.6 Å². The molecule has 0 aliphatic carbocycles. The highest BCUT2D eigenvalue weighted by atomic mass is 19.1. The third kappa shape index (κ3) is 3.78. The lowest BCUT2D eigenvalue weighted by Crippen LogP contribution is -2.27. The lowest BCUT2D eigenvalue weighted by molar-refractivity contribution is 0.0940. The van der Waals surface area contributed by atoms with E-state index in [4.69, 9.17) is 0 Å². The van der Waals surface area contributed by atoms with Crippen LogP contribution in [-0.4, -0.2) is 17.4 Å². The number of rotatable bonds is 5. The summed E-state index contributed by atoms with van der Waals surface area (Å²) in [6.07, 6.45) is 3.15. The van der Waals surface area contributed by atoms with E-state index >= 15 is 0 Å². The molecule has 0 bridgehead atoms. The number of halogens is 1. The second kappa shape index (κ2) is 6.83. The maximum absolute atomic E-state index is 13.2. The molecule has 2 rings (SSSR count). The zero-order valence-corrected chi connectivity index (χ0v) is 12.1. The molecule has 2 N–H and O–H groups in total. The smallest absolute Gasteiger partial charge is 0.255 e. The van der Waals surface area contributed by atoms with E-state index in [0.717, 1.165) is 11.3 Å². The molecule has 110 valence electrons. The average molecular weight is 287 g/mol. The van der Waals surface area contributed by atoms with Gasteiger partial charge in [-0.1, -0.05) is 12.1 Å². The third-order valence-corrected chi connectivity index (χ3v) is 3.13. The molecule has 5 heteroatoms. The quantitative estimate of drug-likeness (QED) is 0.888. The molecule has 2 aromatic rings. The molecule has 1 amide bonds. The Bertz CT molecular complexity index is 630. The van der Waals surface area contributed by atoms with Crippen molar-refractivity contribution in [3.63, 3.8) is 0 Å². The highest BCUT2D eigenvalue weighted by molar-refractivity contribution is 5.99. The first-order valence-corrected chi connectivity index (χ1v) is 6.86. The number of carbonyl (C=O) groups is 1. The summed E-state index contributed by atoms with van der Waals surface area (Å²) in [6.45, 7) is 4.48. The SMILES string of the molecule is CCNc1ccncc1C(=O)NC(C)c1cccc(F)c1. The molecule has 1 aromatic heterocycles. The summed E-state index contributed by atoms with van der Waals surface area (Å²) < 4.78 is 13.2. The molecule has 1 atom stereocenters. The van der Waals surface area contributed by atoms with E-state index < -0.39 is 0 Å². The van der Waals surface area contributed by atoms with Crippen molar-refractivity contribution in [1.82, 2.24) is 10.3 Å². The van der Waals surface area contributed by atoms with Gasteiger partial charge in [-0.2, -0.15) is 0 Å². The van der Waals surface area contributed by atoms with Crippen molar-refractivity contribution in [2.24, 2.45) is 0 Å². The number of aromatic nitrogens is 1. The number of hydrogen-bond acceptors (Lipinski definition) is 3. The molecular weight excluding hydrogens is 269 g/mol. The van der Waals surface area contributed by atoms with Crippen molar-refractivity contribution >= 4 is 11.6 Å². The minimum Gasteiger partial charge on any atom is -0.385 e. The van der Waals surface area contributed by atoms with Crippen LogP contribution in [0.4, 0.5) is 10.1 Å². The number of pyridine rings is 1. The van der Waals surface area contributed by atoms with Gasteiger partial charge in [0.1, 0.15) is 5.82 Å². The molecular formula is C16H18FN3O. The van der Waals surface area contributed by atoms with E-state index in [1.807, 2.05) is 13.8 Å². The summed E-state index contributed by atoms with van der Waals surface area (Å²) in [4.78, 5) is 16.3. The Hall–Kier alpha value is -2.43. The third-order valence-electron chi connectivity index (χ3n) is 3.13. The summed E-state index contributed by atoms with van der Waals surface area (Å²) in [6, 6.07) is 7.67. The highest BCUT2D eigenvalue weighted by Gasteiger charge is 2.15. The van der Waals surface area contributed by atoms with Crippen LogP contribution in [0.5, 0.6) is 0 Å². The predicted molar refractivity (Wildman–Crippen MR) is 80.7 cm³/mol. The molecule has 1 heterocycles. The summed E-state index contributed by atoms with van der Waals surface area (Å²) >= 11 is 0. The van der Waals surface area contributed by atoms with Crippen LogP contribution in [0, 0.1) is 5.82 Å². The number of nitrogens with one attached hydrogen (secondary N) is 2. The average Bonchev–Trinajstić information content (AvgIpc) is 2.48.